The minimum atomic E-state index is -0.784. The molecule has 100 valence electrons. The fourth-order valence-electron chi connectivity index (χ4n) is 1.62. The van der Waals surface area contributed by atoms with Gasteiger partial charge in [0, 0.05) is 29.9 Å². The lowest BCUT2D eigenvalue weighted by molar-refractivity contribution is 0.202. The summed E-state index contributed by atoms with van der Waals surface area (Å²) >= 11 is 0. The van der Waals surface area contributed by atoms with Crippen molar-refractivity contribution in [2.24, 2.45) is 0 Å². The first kappa shape index (κ1) is 14.7. The van der Waals surface area contributed by atoms with Gasteiger partial charge in [-0.1, -0.05) is 17.7 Å². The van der Waals surface area contributed by atoms with Crippen molar-refractivity contribution in [1.29, 1.82) is 0 Å². The van der Waals surface area contributed by atoms with E-state index in [4.69, 9.17) is 4.74 Å². The van der Waals surface area contributed by atoms with Crippen LogP contribution in [0.2, 0.25) is 0 Å². The first-order valence-electron chi connectivity index (χ1n) is 5.82. The van der Waals surface area contributed by atoms with Gasteiger partial charge in [0.05, 0.1) is 0 Å². The molecule has 1 aromatic carbocycles. The SMILES string of the molecule is CNC(=O)Oc1ccc(C)cc1CCCS(C)=O. The van der Waals surface area contributed by atoms with E-state index in [2.05, 4.69) is 5.32 Å². The molecule has 0 fully saturated rings. The third-order valence-electron chi connectivity index (χ3n) is 2.50. The number of hydrogen-bond acceptors (Lipinski definition) is 3. The van der Waals surface area contributed by atoms with E-state index in [1.807, 2.05) is 19.1 Å². The Morgan fingerprint density at radius 2 is 2.17 bits per heavy atom. The highest BCUT2D eigenvalue weighted by molar-refractivity contribution is 7.84. The van der Waals surface area contributed by atoms with Crippen LogP contribution in [0.15, 0.2) is 18.2 Å². The van der Waals surface area contributed by atoms with Crippen LogP contribution in [0.1, 0.15) is 17.5 Å². The summed E-state index contributed by atoms with van der Waals surface area (Å²) in [5.74, 6) is 1.23. The van der Waals surface area contributed by atoms with Gasteiger partial charge < -0.3 is 10.1 Å². The first-order chi connectivity index (χ1) is 8.52. The molecule has 0 saturated carbocycles. The number of aryl methyl sites for hydroxylation is 2. The van der Waals surface area contributed by atoms with Crippen molar-refractivity contribution >= 4 is 16.9 Å². The second-order valence-corrected chi connectivity index (χ2v) is 5.69. The van der Waals surface area contributed by atoms with Gasteiger partial charge >= 0.3 is 6.09 Å². The van der Waals surface area contributed by atoms with Crippen LogP contribution in [0, 0.1) is 6.92 Å². The number of carbonyl (C=O) groups excluding carboxylic acids is 1. The Morgan fingerprint density at radius 1 is 1.44 bits per heavy atom. The maximum Gasteiger partial charge on any atom is 0.412 e. The fourth-order valence-corrected chi connectivity index (χ4v) is 2.17. The summed E-state index contributed by atoms with van der Waals surface area (Å²) in [4.78, 5) is 11.2. The summed E-state index contributed by atoms with van der Waals surface area (Å²) in [5.41, 5.74) is 2.09. The summed E-state index contributed by atoms with van der Waals surface area (Å²) in [6.07, 6.45) is 2.79. The highest BCUT2D eigenvalue weighted by Gasteiger charge is 2.08. The second kappa shape index (κ2) is 7.16. The largest absolute Gasteiger partial charge is 0.412 e. The van der Waals surface area contributed by atoms with E-state index in [0.717, 1.165) is 24.0 Å². The summed E-state index contributed by atoms with van der Waals surface area (Å²) in [7, 11) is 0.741. The number of rotatable bonds is 5. The molecule has 1 amide bonds. The summed E-state index contributed by atoms with van der Waals surface area (Å²) in [5, 5.41) is 2.42. The molecule has 0 aromatic heterocycles. The quantitative estimate of drug-likeness (QED) is 0.889. The molecule has 5 heteroatoms. The van der Waals surface area contributed by atoms with Crippen molar-refractivity contribution in [2.75, 3.05) is 19.1 Å². The zero-order valence-electron chi connectivity index (χ0n) is 11.0. The van der Waals surface area contributed by atoms with Crippen molar-refractivity contribution in [3.8, 4) is 5.75 Å². The number of carbonyl (C=O) groups is 1. The molecule has 1 unspecified atom stereocenters. The van der Waals surface area contributed by atoms with Gasteiger partial charge in [0.2, 0.25) is 0 Å². The van der Waals surface area contributed by atoms with Gasteiger partial charge in [0.1, 0.15) is 5.75 Å². The van der Waals surface area contributed by atoms with Gasteiger partial charge in [-0.25, -0.2) is 4.79 Å². The normalized spacial score (nSPS) is 11.9. The molecule has 0 saturated heterocycles. The molecule has 4 nitrogen and oxygen atoms in total. The van der Waals surface area contributed by atoms with E-state index in [9.17, 15) is 9.00 Å². The lowest BCUT2D eigenvalue weighted by Gasteiger charge is -2.10. The Labute approximate surface area is 110 Å². The van der Waals surface area contributed by atoms with Crippen LogP contribution in [0.4, 0.5) is 4.79 Å². The number of hydrogen-bond donors (Lipinski definition) is 1. The van der Waals surface area contributed by atoms with Crippen LogP contribution in [0.25, 0.3) is 0 Å². The topological polar surface area (TPSA) is 55.4 Å². The molecule has 0 spiro atoms. The zero-order valence-corrected chi connectivity index (χ0v) is 11.8. The molecule has 0 aliphatic heterocycles. The van der Waals surface area contributed by atoms with Crippen LogP contribution in [-0.4, -0.2) is 29.4 Å². The van der Waals surface area contributed by atoms with E-state index in [1.165, 1.54) is 7.05 Å². The third-order valence-corrected chi connectivity index (χ3v) is 3.36. The van der Waals surface area contributed by atoms with Gasteiger partial charge in [0.25, 0.3) is 0 Å². The maximum atomic E-state index is 11.2. The molecular weight excluding hydrogens is 250 g/mol. The molecule has 1 aromatic rings. The number of nitrogens with one attached hydrogen (secondary N) is 1. The van der Waals surface area contributed by atoms with Gasteiger partial charge in [-0.05, 0) is 31.4 Å². The van der Waals surface area contributed by atoms with Crippen molar-refractivity contribution < 1.29 is 13.7 Å². The van der Waals surface area contributed by atoms with Crippen molar-refractivity contribution in [3.63, 3.8) is 0 Å². The zero-order chi connectivity index (χ0) is 13.5. The van der Waals surface area contributed by atoms with E-state index in [-0.39, 0.29) is 0 Å². The number of benzene rings is 1. The number of amides is 1. The maximum absolute atomic E-state index is 11.2. The van der Waals surface area contributed by atoms with Gasteiger partial charge in [-0.15, -0.1) is 0 Å². The van der Waals surface area contributed by atoms with E-state index < -0.39 is 16.9 Å². The minimum absolute atomic E-state index is 0.473. The van der Waals surface area contributed by atoms with E-state index >= 15 is 0 Å². The molecular formula is C13H19NO3S. The van der Waals surface area contributed by atoms with Gasteiger partial charge in [-0.3, -0.25) is 4.21 Å². The average Bonchev–Trinajstić information content (AvgIpc) is 2.31. The molecule has 0 bridgehead atoms. The summed E-state index contributed by atoms with van der Waals surface area (Å²) in [6, 6.07) is 5.69. The monoisotopic (exact) mass is 269 g/mol. The fraction of sp³-hybridized carbons (Fsp3) is 0.462. The van der Waals surface area contributed by atoms with Gasteiger partial charge in [-0.2, -0.15) is 0 Å². The van der Waals surface area contributed by atoms with Gasteiger partial charge in [0.15, 0.2) is 0 Å². The Bertz CT molecular complexity index is 446. The Kier molecular flexibility index (Phi) is 5.85. The van der Waals surface area contributed by atoms with E-state index in [1.54, 1.807) is 12.3 Å². The number of ether oxygens (including phenoxy) is 1. The second-order valence-electron chi connectivity index (χ2n) is 4.13. The van der Waals surface area contributed by atoms with Crippen molar-refractivity contribution in [2.45, 2.75) is 19.8 Å². The highest BCUT2D eigenvalue weighted by atomic mass is 32.2. The van der Waals surface area contributed by atoms with E-state index in [0.29, 0.717) is 11.5 Å². The molecule has 18 heavy (non-hydrogen) atoms. The lowest BCUT2D eigenvalue weighted by Crippen LogP contribution is -2.22. The molecule has 1 atom stereocenters. The standard InChI is InChI=1S/C13H19NO3S/c1-10-6-7-12(17-13(15)14-2)11(9-10)5-4-8-18(3)16/h6-7,9H,4-5,8H2,1-3H3,(H,14,15). The lowest BCUT2D eigenvalue weighted by atomic mass is 10.1. The molecule has 1 N–H and O–H groups in total. The summed E-state index contributed by atoms with van der Waals surface area (Å²) < 4.78 is 16.2. The Balaban J connectivity index is 2.76. The molecule has 0 aliphatic rings. The predicted molar refractivity (Wildman–Crippen MR) is 73.5 cm³/mol. The average molecular weight is 269 g/mol. The smallest absolute Gasteiger partial charge is 0.410 e. The molecule has 0 heterocycles. The first-order valence-corrected chi connectivity index (χ1v) is 7.54. The Morgan fingerprint density at radius 3 is 2.78 bits per heavy atom. The minimum Gasteiger partial charge on any atom is -0.410 e. The van der Waals surface area contributed by atoms with Crippen LogP contribution in [0.3, 0.4) is 0 Å². The molecule has 1 rings (SSSR count). The summed E-state index contributed by atoms with van der Waals surface area (Å²) in [6.45, 7) is 1.99. The third kappa shape index (κ3) is 4.87. The molecule has 0 radical (unpaired) electrons. The predicted octanol–water partition coefficient (Wildman–Crippen LogP) is 2.02. The Hall–Kier alpha value is -1.36. The van der Waals surface area contributed by atoms with Crippen LogP contribution in [-0.2, 0) is 17.2 Å². The van der Waals surface area contributed by atoms with Crippen LogP contribution >= 0.6 is 0 Å². The van der Waals surface area contributed by atoms with Crippen LogP contribution < -0.4 is 10.1 Å². The van der Waals surface area contributed by atoms with Crippen molar-refractivity contribution in [1.82, 2.24) is 5.32 Å². The molecule has 0 aliphatic carbocycles. The highest BCUT2D eigenvalue weighted by Crippen LogP contribution is 2.21. The van der Waals surface area contributed by atoms with Crippen molar-refractivity contribution in [3.05, 3.63) is 29.3 Å². The van der Waals surface area contributed by atoms with Crippen LogP contribution in [0.5, 0.6) is 5.75 Å².